The van der Waals surface area contributed by atoms with E-state index >= 15 is 0 Å². The maximum atomic E-state index is 11.4. The van der Waals surface area contributed by atoms with E-state index in [1.165, 1.54) is 14.2 Å². The molecular weight excluding hydrogens is 536 g/mol. The number of para-hydroxylation sites is 2. The van der Waals surface area contributed by atoms with E-state index in [1.807, 2.05) is 30.3 Å². The van der Waals surface area contributed by atoms with Crippen LogP contribution in [-0.4, -0.2) is 89.8 Å². The number of hydrogen-bond acceptors (Lipinski definition) is 11. The zero-order valence-electron chi connectivity index (χ0n) is 22.8. The highest BCUT2D eigenvalue weighted by Gasteiger charge is 2.44. The molecule has 3 aromatic rings. The second kappa shape index (κ2) is 14.5. The Morgan fingerprint density at radius 1 is 0.780 bits per heavy atom. The van der Waals surface area contributed by atoms with Crippen LogP contribution in [0.15, 0.2) is 72.8 Å². The highest BCUT2D eigenvalue weighted by atomic mass is 16.7. The fraction of sp³-hybridized carbons (Fsp3) is 0.400. The summed E-state index contributed by atoms with van der Waals surface area (Å²) < 4.78 is 34.1. The van der Waals surface area contributed by atoms with Crippen molar-refractivity contribution in [2.75, 3.05) is 27.4 Å². The summed E-state index contributed by atoms with van der Waals surface area (Å²) in [6.45, 7) is -0.602. The Bertz CT molecular complexity index is 1220. The molecule has 0 aliphatic carbocycles. The summed E-state index contributed by atoms with van der Waals surface area (Å²) in [6, 6.07) is 21.5. The summed E-state index contributed by atoms with van der Waals surface area (Å²) in [5.74, 6) is 1.61. The quantitative estimate of drug-likeness (QED) is 0.203. The van der Waals surface area contributed by atoms with E-state index in [0.29, 0.717) is 35.2 Å². The largest absolute Gasteiger partial charge is 0.493 e. The molecule has 222 valence electrons. The molecule has 1 heterocycles. The van der Waals surface area contributed by atoms with Crippen molar-refractivity contribution in [3.63, 3.8) is 0 Å². The van der Waals surface area contributed by atoms with Crippen LogP contribution in [0.25, 0.3) is 0 Å². The predicted molar refractivity (Wildman–Crippen MR) is 146 cm³/mol. The van der Waals surface area contributed by atoms with Crippen LogP contribution >= 0.6 is 0 Å². The van der Waals surface area contributed by atoms with Gasteiger partial charge in [-0.3, -0.25) is 0 Å². The van der Waals surface area contributed by atoms with Crippen molar-refractivity contribution in [3.05, 3.63) is 83.9 Å². The van der Waals surface area contributed by atoms with Crippen molar-refractivity contribution in [2.24, 2.45) is 0 Å². The van der Waals surface area contributed by atoms with E-state index in [-0.39, 0.29) is 6.61 Å². The molecule has 5 N–H and O–H groups in total. The standard InChI is InChI=1S/C30H36O11/c1-36-20-10-6-7-11-22(20)40-25(17-39-30-29(35)28(34)27(33)24(15-31)41-30)26(32)19-12-13-21(23(14-19)37-2)38-16-18-8-4-3-5-9-18/h3-14,24-35H,15-17H2,1-2H3/t24-,25+,26+,27-,28+,29-,30-/m1/s1. The van der Waals surface area contributed by atoms with Crippen molar-refractivity contribution >= 4 is 0 Å². The molecule has 0 spiro atoms. The Morgan fingerprint density at radius 3 is 2.15 bits per heavy atom. The lowest BCUT2D eigenvalue weighted by atomic mass is 9.99. The Kier molecular flexibility index (Phi) is 10.8. The lowest BCUT2D eigenvalue weighted by Gasteiger charge is -2.40. The van der Waals surface area contributed by atoms with Crippen molar-refractivity contribution < 1.29 is 54.0 Å². The Hall–Kier alpha value is -3.42. The summed E-state index contributed by atoms with van der Waals surface area (Å²) in [7, 11) is 2.98. The molecule has 1 aliphatic rings. The number of hydrogen-bond donors (Lipinski definition) is 5. The molecule has 0 radical (unpaired) electrons. The van der Waals surface area contributed by atoms with Crippen LogP contribution in [0, 0.1) is 0 Å². The van der Waals surface area contributed by atoms with Crippen molar-refractivity contribution in [3.8, 4) is 23.0 Å². The topological polar surface area (TPSA) is 157 Å². The zero-order chi connectivity index (χ0) is 29.4. The minimum absolute atomic E-state index is 0.323. The van der Waals surface area contributed by atoms with Crippen LogP contribution in [0.3, 0.4) is 0 Å². The van der Waals surface area contributed by atoms with E-state index in [9.17, 15) is 25.5 Å². The Morgan fingerprint density at radius 2 is 1.46 bits per heavy atom. The van der Waals surface area contributed by atoms with Crippen molar-refractivity contribution in [2.45, 2.75) is 49.5 Å². The molecule has 1 saturated heterocycles. The van der Waals surface area contributed by atoms with Gasteiger partial charge in [-0.25, -0.2) is 0 Å². The monoisotopic (exact) mass is 572 g/mol. The number of benzene rings is 3. The molecule has 4 rings (SSSR count). The fourth-order valence-corrected chi connectivity index (χ4v) is 4.40. The second-order valence-electron chi connectivity index (χ2n) is 9.47. The first-order valence-corrected chi connectivity index (χ1v) is 13.1. The van der Waals surface area contributed by atoms with Gasteiger partial charge in [0.1, 0.15) is 37.1 Å². The SMILES string of the molecule is COc1cc([C@H](O)[C@H](CO[C@@H]2O[C@H](CO)[C@@H](O)[C@H](O)[C@H]2O)Oc2ccccc2OC)ccc1OCc1ccccc1. The van der Waals surface area contributed by atoms with Gasteiger partial charge in [-0.15, -0.1) is 0 Å². The Balaban J connectivity index is 1.55. The molecular formula is C30H36O11. The van der Waals surface area contributed by atoms with Gasteiger partial charge in [0.2, 0.25) is 0 Å². The zero-order valence-corrected chi connectivity index (χ0v) is 22.8. The van der Waals surface area contributed by atoms with E-state index < -0.39 is 49.5 Å². The molecule has 0 amide bonds. The van der Waals surface area contributed by atoms with Crippen molar-refractivity contribution in [1.82, 2.24) is 0 Å². The third kappa shape index (κ3) is 7.46. The predicted octanol–water partition coefficient (Wildman–Crippen LogP) is 1.58. The summed E-state index contributed by atoms with van der Waals surface area (Å²) in [5.41, 5.74) is 1.40. The van der Waals surface area contributed by atoms with Gasteiger partial charge in [0.25, 0.3) is 0 Å². The first-order chi connectivity index (χ1) is 19.9. The van der Waals surface area contributed by atoms with E-state index in [4.69, 9.17) is 28.4 Å². The van der Waals surface area contributed by atoms with Gasteiger partial charge in [-0.05, 0) is 35.4 Å². The second-order valence-corrected chi connectivity index (χ2v) is 9.47. The van der Waals surface area contributed by atoms with E-state index in [0.717, 1.165) is 5.56 Å². The first kappa shape index (κ1) is 30.5. The molecule has 41 heavy (non-hydrogen) atoms. The summed E-state index contributed by atoms with van der Waals surface area (Å²) in [4.78, 5) is 0. The molecule has 0 bridgehead atoms. The Labute approximate surface area is 238 Å². The normalized spacial score (nSPS) is 23.8. The minimum Gasteiger partial charge on any atom is -0.493 e. The molecule has 0 saturated carbocycles. The summed E-state index contributed by atoms with van der Waals surface area (Å²) in [6.07, 6.45) is -9.66. The maximum absolute atomic E-state index is 11.4. The molecule has 0 unspecified atom stereocenters. The van der Waals surface area contributed by atoms with Gasteiger partial charge >= 0.3 is 0 Å². The molecule has 11 nitrogen and oxygen atoms in total. The lowest BCUT2D eigenvalue weighted by molar-refractivity contribution is -0.305. The van der Waals surface area contributed by atoms with Gasteiger partial charge < -0.3 is 54.0 Å². The van der Waals surface area contributed by atoms with Gasteiger partial charge in [0, 0.05) is 0 Å². The number of aliphatic hydroxyl groups is 5. The summed E-state index contributed by atoms with van der Waals surface area (Å²) in [5, 5.41) is 51.5. The van der Waals surface area contributed by atoms with Crippen LogP contribution in [0.4, 0.5) is 0 Å². The van der Waals surface area contributed by atoms with Gasteiger partial charge in [-0.2, -0.15) is 0 Å². The van der Waals surface area contributed by atoms with Gasteiger partial charge in [0.05, 0.1) is 27.4 Å². The number of ether oxygens (including phenoxy) is 6. The van der Waals surface area contributed by atoms with Crippen LogP contribution in [0.5, 0.6) is 23.0 Å². The molecule has 1 fully saturated rings. The smallest absolute Gasteiger partial charge is 0.186 e. The molecule has 0 aromatic heterocycles. The maximum Gasteiger partial charge on any atom is 0.186 e. The molecule has 11 heteroatoms. The van der Waals surface area contributed by atoms with E-state index in [1.54, 1.807) is 42.5 Å². The molecule has 3 aromatic carbocycles. The summed E-state index contributed by atoms with van der Waals surface area (Å²) >= 11 is 0. The molecule has 7 atom stereocenters. The third-order valence-corrected chi connectivity index (χ3v) is 6.74. The highest BCUT2D eigenvalue weighted by molar-refractivity contribution is 5.44. The number of rotatable bonds is 13. The molecule has 1 aliphatic heterocycles. The average Bonchev–Trinajstić information content (AvgIpc) is 3.01. The van der Waals surface area contributed by atoms with Crippen LogP contribution < -0.4 is 18.9 Å². The lowest BCUT2D eigenvalue weighted by Crippen LogP contribution is -2.59. The van der Waals surface area contributed by atoms with Crippen LogP contribution in [0.1, 0.15) is 17.2 Å². The highest BCUT2D eigenvalue weighted by Crippen LogP contribution is 2.35. The van der Waals surface area contributed by atoms with Gasteiger partial charge in [-0.1, -0.05) is 48.5 Å². The third-order valence-electron chi connectivity index (χ3n) is 6.74. The van der Waals surface area contributed by atoms with Crippen LogP contribution in [0.2, 0.25) is 0 Å². The van der Waals surface area contributed by atoms with E-state index in [2.05, 4.69) is 0 Å². The van der Waals surface area contributed by atoms with Crippen molar-refractivity contribution in [1.29, 1.82) is 0 Å². The number of aliphatic hydroxyl groups excluding tert-OH is 5. The fourth-order valence-electron chi connectivity index (χ4n) is 4.40. The first-order valence-electron chi connectivity index (χ1n) is 13.1. The number of methoxy groups -OCH3 is 2. The average molecular weight is 573 g/mol. The van der Waals surface area contributed by atoms with Gasteiger partial charge in [0.15, 0.2) is 35.4 Å². The van der Waals surface area contributed by atoms with Crippen LogP contribution in [-0.2, 0) is 16.1 Å². The minimum atomic E-state index is -1.61.